The number of furan rings is 1. The SMILES string of the molecule is Cc1sc(-c2ccco2)nc1C(=O)NC[C@H](C)N1CCN(c2ccccc2)CC1. The van der Waals surface area contributed by atoms with Crippen molar-refractivity contribution in [2.75, 3.05) is 37.6 Å². The molecule has 4 rings (SSSR count). The molecule has 3 heterocycles. The van der Waals surface area contributed by atoms with Crippen LogP contribution < -0.4 is 10.2 Å². The zero-order chi connectivity index (χ0) is 20.2. The molecule has 152 valence electrons. The van der Waals surface area contributed by atoms with Crippen molar-refractivity contribution in [3.63, 3.8) is 0 Å². The van der Waals surface area contributed by atoms with Crippen molar-refractivity contribution in [3.05, 3.63) is 59.3 Å². The van der Waals surface area contributed by atoms with E-state index in [0.717, 1.165) is 36.1 Å². The number of hydrogen-bond acceptors (Lipinski definition) is 6. The number of nitrogens with one attached hydrogen (secondary N) is 1. The normalized spacial score (nSPS) is 16.0. The molecule has 1 atom stereocenters. The molecule has 1 saturated heterocycles. The van der Waals surface area contributed by atoms with Crippen LogP contribution in [-0.4, -0.2) is 54.6 Å². The summed E-state index contributed by atoms with van der Waals surface area (Å²) in [5.74, 6) is 0.577. The first-order chi connectivity index (χ1) is 14.1. The first-order valence-electron chi connectivity index (χ1n) is 9.95. The lowest BCUT2D eigenvalue weighted by Crippen LogP contribution is -2.52. The Morgan fingerprint density at radius 3 is 2.62 bits per heavy atom. The second kappa shape index (κ2) is 8.80. The van der Waals surface area contributed by atoms with Crippen molar-refractivity contribution >= 4 is 22.9 Å². The van der Waals surface area contributed by atoms with Gasteiger partial charge in [-0.3, -0.25) is 9.69 Å². The Hall–Kier alpha value is -2.64. The van der Waals surface area contributed by atoms with E-state index in [1.165, 1.54) is 17.0 Å². The van der Waals surface area contributed by atoms with Crippen molar-refractivity contribution in [2.45, 2.75) is 19.9 Å². The minimum Gasteiger partial charge on any atom is -0.462 e. The van der Waals surface area contributed by atoms with Crippen molar-refractivity contribution in [2.24, 2.45) is 0 Å². The molecule has 0 saturated carbocycles. The fourth-order valence-corrected chi connectivity index (χ4v) is 4.50. The third kappa shape index (κ3) is 4.52. The van der Waals surface area contributed by atoms with Crippen molar-refractivity contribution in [1.29, 1.82) is 0 Å². The Kier molecular flexibility index (Phi) is 5.97. The van der Waals surface area contributed by atoms with E-state index in [1.807, 2.05) is 25.1 Å². The van der Waals surface area contributed by atoms with Gasteiger partial charge in [0.05, 0.1) is 6.26 Å². The maximum atomic E-state index is 12.6. The van der Waals surface area contributed by atoms with Crippen molar-refractivity contribution in [1.82, 2.24) is 15.2 Å². The van der Waals surface area contributed by atoms with Crippen molar-refractivity contribution < 1.29 is 9.21 Å². The number of nitrogens with zero attached hydrogens (tertiary/aromatic N) is 3. The summed E-state index contributed by atoms with van der Waals surface area (Å²) < 4.78 is 5.39. The summed E-state index contributed by atoms with van der Waals surface area (Å²) in [5.41, 5.74) is 1.77. The van der Waals surface area contributed by atoms with Crippen LogP contribution in [0.5, 0.6) is 0 Å². The summed E-state index contributed by atoms with van der Waals surface area (Å²) in [4.78, 5) is 22.9. The molecule has 1 aromatic carbocycles. The number of aromatic nitrogens is 1. The summed E-state index contributed by atoms with van der Waals surface area (Å²) in [7, 11) is 0. The van der Waals surface area contributed by atoms with Gasteiger partial charge >= 0.3 is 0 Å². The van der Waals surface area contributed by atoms with Crippen LogP contribution in [0.15, 0.2) is 53.1 Å². The molecule has 29 heavy (non-hydrogen) atoms. The molecule has 1 N–H and O–H groups in total. The summed E-state index contributed by atoms with van der Waals surface area (Å²) in [6.45, 7) is 8.68. The van der Waals surface area contributed by atoms with E-state index in [0.29, 0.717) is 18.0 Å². The van der Waals surface area contributed by atoms with Gasteiger partial charge in [0.15, 0.2) is 10.8 Å². The van der Waals surface area contributed by atoms with Gasteiger partial charge in [-0.25, -0.2) is 4.98 Å². The average Bonchev–Trinajstić information content (AvgIpc) is 3.42. The lowest BCUT2D eigenvalue weighted by molar-refractivity contribution is 0.0929. The molecule has 1 amide bonds. The zero-order valence-corrected chi connectivity index (χ0v) is 17.6. The lowest BCUT2D eigenvalue weighted by Gasteiger charge is -2.39. The third-order valence-corrected chi connectivity index (χ3v) is 6.35. The number of para-hydroxylation sites is 1. The number of rotatable bonds is 6. The molecular formula is C22H26N4O2S. The van der Waals surface area contributed by atoms with Crippen molar-refractivity contribution in [3.8, 4) is 10.8 Å². The number of amides is 1. The minimum atomic E-state index is -0.119. The lowest BCUT2D eigenvalue weighted by atomic mass is 10.2. The second-order valence-electron chi connectivity index (χ2n) is 7.32. The largest absolute Gasteiger partial charge is 0.462 e. The van der Waals surface area contributed by atoms with Gasteiger partial charge in [0.2, 0.25) is 0 Å². The Labute approximate surface area is 175 Å². The fourth-order valence-electron chi connectivity index (χ4n) is 3.63. The quantitative estimate of drug-likeness (QED) is 0.672. The molecule has 6 nitrogen and oxygen atoms in total. The van der Waals surface area contributed by atoms with E-state index in [-0.39, 0.29) is 11.9 Å². The van der Waals surface area contributed by atoms with Gasteiger partial charge in [0, 0.05) is 49.3 Å². The number of hydrogen-bond donors (Lipinski definition) is 1. The van der Waals surface area contributed by atoms with Crippen LogP contribution in [0.2, 0.25) is 0 Å². The second-order valence-corrected chi connectivity index (χ2v) is 8.52. The number of carbonyl (C=O) groups excluding carboxylic acids is 1. The molecule has 2 aromatic heterocycles. The highest BCUT2D eigenvalue weighted by molar-refractivity contribution is 7.15. The molecular weight excluding hydrogens is 384 g/mol. The molecule has 0 spiro atoms. The number of aryl methyl sites for hydroxylation is 1. The zero-order valence-electron chi connectivity index (χ0n) is 16.8. The Morgan fingerprint density at radius 1 is 1.17 bits per heavy atom. The summed E-state index contributed by atoms with van der Waals surface area (Å²) in [6.07, 6.45) is 1.62. The molecule has 0 unspecified atom stereocenters. The average molecular weight is 411 g/mol. The number of thiazole rings is 1. The van der Waals surface area contributed by atoms with Gasteiger partial charge in [-0.15, -0.1) is 11.3 Å². The molecule has 1 aliphatic rings. The molecule has 1 fully saturated rings. The van der Waals surface area contributed by atoms with Crippen LogP contribution in [0.3, 0.4) is 0 Å². The van der Waals surface area contributed by atoms with Gasteiger partial charge in [0.25, 0.3) is 5.91 Å². The maximum absolute atomic E-state index is 12.6. The third-order valence-electron chi connectivity index (χ3n) is 5.36. The fraction of sp³-hybridized carbons (Fsp3) is 0.364. The van der Waals surface area contributed by atoms with E-state index in [9.17, 15) is 4.79 Å². The van der Waals surface area contributed by atoms with E-state index in [2.05, 4.69) is 51.3 Å². The molecule has 7 heteroatoms. The standard InChI is InChI=1S/C22H26N4O2S/c1-16(25-10-12-26(13-11-25)18-7-4-3-5-8-18)15-23-21(27)20-17(2)29-22(24-20)19-9-6-14-28-19/h3-9,14,16H,10-13,15H2,1-2H3,(H,23,27)/t16-/m0/s1. The van der Waals surface area contributed by atoms with E-state index < -0.39 is 0 Å². The molecule has 0 aliphatic carbocycles. The van der Waals surface area contributed by atoms with Crippen LogP contribution in [0.4, 0.5) is 5.69 Å². The van der Waals surface area contributed by atoms with Gasteiger partial charge < -0.3 is 14.6 Å². The first kappa shape index (κ1) is 19.7. The Balaban J connectivity index is 1.29. The van der Waals surface area contributed by atoms with Gasteiger partial charge in [-0.1, -0.05) is 18.2 Å². The molecule has 3 aromatic rings. The van der Waals surface area contributed by atoms with E-state index >= 15 is 0 Å². The van der Waals surface area contributed by atoms with Gasteiger partial charge in [0.1, 0.15) is 5.69 Å². The summed E-state index contributed by atoms with van der Waals surface area (Å²) in [6, 6.07) is 14.5. The summed E-state index contributed by atoms with van der Waals surface area (Å²) in [5, 5.41) is 3.80. The number of benzene rings is 1. The molecule has 0 radical (unpaired) electrons. The predicted molar refractivity (Wildman–Crippen MR) is 117 cm³/mol. The molecule has 0 bridgehead atoms. The van der Waals surface area contributed by atoms with Gasteiger partial charge in [-0.05, 0) is 38.1 Å². The van der Waals surface area contributed by atoms with Crippen LogP contribution in [0.25, 0.3) is 10.8 Å². The highest BCUT2D eigenvalue weighted by atomic mass is 32.1. The van der Waals surface area contributed by atoms with Gasteiger partial charge in [-0.2, -0.15) is 0 Å². The summed E-state index contributed by atoms with van der Waals surface area (Å²) >= 11 is 1.48. The van der Waals surface area contributed by atoms with Crippen LogP contribution in [-0.2, 0) is 0 Å². The minimum absolute atomic E-state index is 0.119. The van der Waals surface area contributed by atoms with Crippen LogP contribution in [0, 0.1) is 6.92 Å². The van der Waals surface area contributed by atoms with Crippen LogP contribution in [0.1, 0.15) is 22.3 Å². The number of carbonyl (C=O) groups is 1. The predicted octanol–water partition coefficient (Wildman–Crippen LogP) is 3.65. The Morgan fingerprint density at radius 2 is 1.93 bits per heavy atom. The van der Waals surface area contributed by atoms with E-state index in [4.69, 9.17) is 4.42 Å². The topological polar surface area (TPSA) is 61.6 Å². The van der Waals surface area contributed by atoms with Crippen LogP contribution >= 0.6 is 11.3 Å². The number of anilines is 1. The molecule has 1 aliphatic heterocycles. The highest BCUT2D eigenvalue weighted by Gasteiger charge is 2.23. The Bertz CT molecular complexity index is 931. The monoisotopic (exact) mass is 410 g/mol. The van der Waals surface area contributed by atoms with E-state index in [1.54, 1.807) is 6.26 Å². The number of piperazine rings is 1. The highest BCUT2D eigenvalue weighted by Crippen LogP contribution is 2.27. The maximum Gasteiger partial charge on any atom is 0.271 e. The first-order valence-corrected chi connectivity index (χ1v) is 10.8. The smallest absolute Gasteiger partial charge is 0.271 e.